The van der Waals surface area contributed by atoms with Crippen LogP contribution >= 0.6 is 0 Å². The van der Waals surface area contributed by atoms with Crippen LogP contribution in [0, 0.1) is 13.8 Å². The van der Waals surface area contributed by atoms with Gasteiger partial charge in [-0.2, -0.15) is 0 Å². The summed E-state index contributed by atoms with van der Waals surface area (Å²) < 4.78 is 26.4. The Morgan fingerprint density at radius 1 is 1.19 bits per heavy atom. The number of aliphatic hydroxyl groups is 1. The number of nitrogens with zero attached hydrogens (tertiary/aromatic N) is 4. The summed E-state index contributed by atoms with van der Waals surface area (Å²) in [4.78, 5) is 18.9. The van der Waals surface area contributed by atoms with Crippen LogP contribution < -0.4 is 9.21 Å². The smallest absolute Gasteiger partial charge is 0.301 e. The number of sulfonamides is 1. The van der Waals surface area contributed by atoms with E-state index in [9.17, 15) is 18.3 Å². The van der Waals surface area contributed by atoms with Gasteiger partial charge in [0.1, 0.15) is 25.5 Å². The molecule has 0 bridgehead atoms. The van der Waals surface area contributed by atoms with Crippen LogP contribution in [-0.4, -0.2) is 74.0 Å². The van der Waals surface area contributed by atoms with E-state index >= 15 is 0 Å². The zero-order valence-electron chi connectivity index (χ0n) is 18.6. The van der Waals surface area contributed by atoms with E-state index in [2.05, 4.69) is 22.9 Å². The molecule has 1 aromatic carbocycles. The van der Waals surface area contributed by atoms with Gasteiger partial charge in [-0.1, -0.05) is 18.2 Å². The lowest BCUT2D eigenvalue weighted by Gasteiger charge is -2.41. The number of aryl methyl sites for hydroxylation is 2. The number of pyridine rings is 1. The lowest BCUT2D eigenvalue weighted by Crippen LogP contribution is -2.58. The number of rotatable bonds is 6. The number of hydrogen-bond donors (Lipinski definition) is 1. The molecule has 1 atom stereocenters. The average molecular weight is 460 g/mol. The summed E-state index contributed by atoms with van der Waals surface area (Å²) in [5, 5.41) is 9.55. The van der Waals surface area contributed by atoms with Gasteiger partial charge >= 0.3 is 6.41 Å². The van der Waals surface area contributed by atoms with Crippen molar-refractivity contribution >= 4 is 27.9 Å². The molecule has 0 radical (unpaired) electrons. The van der Waals surface area contributed by atoms with Crippen LogP contribution in [0.5, 0.6) is 0 Å². The quantitative estimate of drug-likeness (QED) is 0.521. The van der Waals surface area contributed by atoms with Crippen molar-refractivity contribution in [3.8, 4) is 0 Å². The molecule has 3 heterocycles. The molecule has 32 heavy (non-hydrogen) atoms. The normalized spacial score (nSPS) is 22.2. The molecule has 9 heteroatoms. The molecular weight excluding hydrogens is 428 g/mol. The van der Waals surface area contributed by atoms with Crippen LogP contribution in [0.25, 0.3) is 0 Å². The van der Waals surface area contributed by atoms with Gasteiger partial charge in [0.05, 0.1) is 37.2 Å². The SMILES string of the molecule is Cc1cnc(N2CC[N+](C=O)(Cc3ccc(N4[C@H](CO)CCS4(=O)=O)cc3)CC2)c(C)c1. The minimum Gasteiger partial charge on any atom is -0.394 e. The summed E-state index contributed by atoms with van der Waals surface area (Å²) in [6.07, 6.45) is 3.34. The summed E-state index contributed by atoms with van der Waals surface area (Å²) in [7, 11) is -3.40. The van der Waals surface area contributed by atoms with Gasteiger partial charge in [-0.25, -0.2) is 18.2 Å². The predicted molar refractivity (Wildman–Crippen MR) is 124 cm³/mol. The number of carbonyl (C=O) groups excluding carboxylic acids is 1. The number of hydrogen-bond acceptors (Lipinski definition) is 6. The third kappa shape index (κ3) is 4.37. The monoisotopic (exact) mass is 459 g/mol. The maximum atomic E-state index is 12.4. The van der Waals surface area contributed by atoms with Crippen LogP contribution in [0.4, 0.5) is 11.5 Å². The van der Waals surface area contributed by atoms with E-state index in [1.54, 1.807) is 12.1 Å². The third-order valence-corrected chi connectivity index (χ3v) is 8.44. The fourth-order valence-electron chi connectivity index (χ4n) is 4.79. The lowest BCUT2D eigenvalue weighted by molar-refractivity contribution is -0.859. The highest BCUT2D eigenvalue weighted by atomic mass is 32.2. The Morgan fingerprint density at radius 2 is 1.88 bits per heavy atom. The van der Waals surface area contributed by atoms with Crippen LogP contribution in [0.3, 0.4) is 0 Å². The molecule has 4 rings (SSSR count). The molecule has 1 aromatic heterocycles. The molecule has 1 N–H and O–H groups in total. The van der Waals surface area contributed by atoms with Crippen molar-refractivity contribution in [3.63, 3.8) is 0 Å². The number of piperazine rings is 1. The standard InChI is InChI=1S/C23H31N4O4S/c1-18-13-19(2)23(24-14-18)25-8-10-27(17-29,11-9-25)15-20-3-5-21(6-4-20)26-22(16-28)7-12-32(26,30)31/h3-6,13-14,17,22,28H,7-12,15-16H2,1-2H3/q+1/t22-/m0/s1. The Morgan fingerprint density at radius 3 is 2.47 bits per heavy atom. The minimum atomic E-state index is -3.40. The second-order valence-electron chi connectivity index (χ2n) is 8.97. The van der Waals surface area contributed by atoms with Crippen molar-refractivity contribution in [1.29, 1.82) is 0 Å². The fraction of sp³-hybridized carbons (Fsp3) is 0.478. The Bertz CT molecular complexity index is 1080. The van der Waals surface area contributed by atoms with Gasteiger partial charge in [-0.05, 0) is 43.5 Å². The molecular formula is C23H31N4O4S+. The average Bonchev–Trinajstić information content (AvgIpc) is 3.09. The third-order valence-electron chi connectivity index (χ3n) is 6.58. The zero-order valence-corrected chi connectivity index (χ0v) is 19.5. The first-order chi connectivity index (χ1) is 15.3. The summed E-state index contributed by atoms with van der Waals surface area (Å²) in [6.45, 7) is 7.33. The number of benzene rings is 1. The molecule has 2 fully saturated rings. The summed E-state index contributed by atoms with van der Waals surface area (Å²) >= 11 is 0. The molecule has 2 aromatic rings. The highest BCUT2D eigenvalue weighted by Gasteiger charge is 2.37. The van der Waals surface area contributed by atoms with E-state index in [0.717, 1.165) is 42.0 Å². The Hall–Kier alpha value is -2.49. The lowest BCUT2D eigenvalue weighted by atomic mass is 10.1. The van der Waals surface area contributed by atoms with E-state index in [4.69, 9.17) is 0 Å². The molecule has 8 nitrogen and oxygen atoms in total. The van der Waals surface area contributed by atoms with Gasteiger partial charge in [-0.15, -0.1) is 0 Å². The highest BCUT2D eigenvalue weighted by molar-refractivity contribution is 7.93. The van der Waals surface area contributed by atoms with Crippen LogP contribution in [0.1, 0.15) is 23.1 Å². The molecule has 0 aliphatic carbocycles. The highest BCUT2D eigenvalue weighted by Crippen LogP contribution is 2.30. The van der Waals surface area contributed by atoms with Crippen molar-refractivity contribution in [2.75, 3.05) is 47.7 Å². The van der Waals surface area contributed by atoms with Gasteiger partial charge in [0.2, 0.25) is 10.0 Å². The largest absolute Gasteiger partial charge is 0.394 e. The second kappa shape index (κ2) is 8.80. The molecule has 172 valence electrons. The maximum Gasteiger partial charge on any atom is 0.301 e. The molecule has 2 aliphatic heterocycles. The zero-order chi connectivity index (χ0) is 22.9. The van der Waals surface area contributed by atoms with Gasteiger partial charge in [0, 0.05) is 11.8 Å². The molecule has 1 amide bonds. The number of quaternary nitrogens is 1. The van der Waals surface area contributed by atoms with E-state index in [0.29, 0.717) is 36.2 Å². The predicted octanol–water partition coefficient (Wildman–Crippen LogP) is 1.59. The first-order valence-electron chi connectivity index (χ1n) is 11.0. The van der Waals surface area contributed by atoms with Crippen molar-refractivity contribution in [2.24, 2.45) is 0 Å². The van der Waals surface area contributed by atoms with Gasteiger partial charge in [-0.3, -0.25) is 8.79 Å². The molecule has 2 saturated heterocycles. The van der Waals surface area contributed by atoms with E-state index < -0.39 is 16.1 Å². The Labute approximate surface area is 189 Å². The summed E-state index contributed by atoms with van der Waals surface area (Å²) in [5.74, 6) is 1.03. The second-order valence-corrected chi connectivity index (χ2v) is 10.9. The molecule has 2 aliphatic rings. The molecule has 0 saturated carbocycles. The van der Waals surface area contributed by atoms with E-state index in [-0.39, 0.29) is 12.4 Å². The number of amides is 1. The van der Waals surface area contributed by atoms with Crippen LogP contribution in [0.2, 0.25) is 0 Å². The van der Waals surface area contributed by atoms with Crippen molar-refractivity contribution in [3.05, 3.63) is 53.2 Å². The van der Waals surface area contributed by atoms with E-state index in [1.165, 1.54) is 4.31 Å². The summed E-state index contributed by atoms with van der Waals surface area (Å²) in [6, 6.07) is 9.04. The summed E-state index contributed by atoms with van der Waals surface area (Å²) in [5.41, 5.74) is 3.83. The maximum absolute atomic E-state index is 12.4. The van der Waals surface area contributed by atoms with Crippen molar-refractivity contribution in [2.45, 2.75) is 32.9 Å². The number of aliphatic hydroxyl groups excluding tert-OH is 1. The van der Waals surface area contributed by atoms with Crippen molar-refractivity contribution in [1.82, 2.24) is 4.98 Å². The Balaban J connectivity index is 1.46. The fourth-order valence-corrected chi connectivity index (χ4v) is 6.63. The molecule has 0 spiro atoms. The first kappa shape index (κ1) is 22.7. The minimum absolute atomic E-state index is 0.0525. The Kier molecular flexibility index (Phi) is 6.24. The van der Waals surface area contributed by atoms with Gasteiger partial charge in [0.25, 0.3) is 0 Å². The van der Waals surface area contributed by atoms with Crippen molar-refractivity contribution < 1.29 is 22.8 Å². The van der Waals surface area contributed by atoms with Gasteiger partial charge < -0.3 is 10.0 Å². The van der Waals surface area contributed by atoms with Gasteiger partial charge in [0.15, 0.2) is 0 Å². The van der Waals surface area contributed by atoms with Crippen LogP contribution in [0.15, 0.2) is 36.5 Å². The topological polar surface area (TPSA) is 90.8 Å². The molecule has 0 unspecified atom stereocenters. The number of anilines is 2. The first-order valence-corrected chi connectivity index (χ1v) is 12.6. The van der Waals surface area contributed by atoms with Crippen LogP contribution in [-0.2, 0) is 21.4 Å². The van der Waals surface area contributed by atoms with E-state index in [1.807, 2.05) is 25.3 Å². The number of carbonyl (C=O) groups is 1. The number of aromatic nitrogens is 1.